The van der Waals surface area contributed by atoms with Gasteiger partial charge in [-0.3, -0.25) is 0 Å². The van der Waals surface area contributed by atoms with Crippen molar-refractivity contribution in [2.24, 2.45) is 0 Å². The van der Waals surface area contributed by atoms with Crippen molar-refractivity contribution in [2.75, 3.05) is 33.2 Å². The third kappa shape index (κ3) is 3.66. The molecule has 0 N–H and O–H groups in total. The lowest BCUT2D eigenvalue weighted by atomic mass is 9.92. The van der Waals surface area contributed by atoms with E-state index in [2.05, 4.69) is 22.9 Å². The van der Waals surface area contributed by atoms with E-state index in [1.54, 1.807) is 0 Å². The molecule has 1 aliphatic carbocycles. The van der Waals surface area contributed by atoms with Crippen LogP contribution < -0.4 is 0 Å². The Balaban J connectivity index is 1.95. The summed E-state index contributed by atoms with van der Waals surface area (Å²) in [6.07, 6.45) is -1.16. The number of piperazine rings is 1. The Bertz CT molecular complexity index is 1040. The molecule has 2 aromatic carbocycles. The molecule has 6 heteroatoms. The number of benzene rings is 2. The summed E-state index contributed by atoms with van der Waals surface area (Å²) >= 11 is 0. The standard InChI is InChI=1S/C23H20F3N3/c1-28-10-12-29(13-11-28)22-15-16-14-17(23(24,25)26)6-7-18(16)20(8-9-27)19-4-2-3-5-21(19)22/h2-8,14-15H,10-13H2,1H3/b20-8-. The van der Waals surface area contributed by atoms with Gasteiger partial charge in [0, 0.05) is 49.1 Å². The van der Waals surface area contributed by atoms with Gasteiger partial charge in [-0.1, -0.05) is 30.3 Å². The zero-order valence-electron chi connectivity index (χ0n) is 16.0. The van der Waals surface area contributed by atoms with Gasteiger partial charge in [0.05, 0.1) is 11.6 Å². The third-order valence-electron chi connectivity index (χ3n) is 5.51. The van der Waals surface area contributed by atoms with E-state index < -0.39 is 11.7 Å². The van der Waals surface area contributed by atoms with Gasteiger partial charge in [-0.2, -0.15) is 18.4 Å². The molecule has 3 nitrogen and oxygen atoms in total. The highest BCUT2D eigenvalue weighted by molar-refractivity contribution is 5.98. The van der Waals surface area contributed by atoms with Gasteiger partial charge in [-0.25, -0.2) is 0 Å². The highest BCUT2D eigenvalue weighted by atomic mass is 19.4. The number of hydrogen-bond donors (Lipinski definition) is 0. The van der Waals surface area contributed by atoms with Gasteiger partial charge in [0.2, 0.25) is 0 Å². The largest absolute Gasteiger partial charge is 0.416 e. The van der Waals surface area contributed by atoms with Gasteiger partial charge in [-0.15, -0.1) is 0 Å². The maximum atomic E-state index is 13.4. The third-order valence-corrected chi connectivity index (χ3v) is 5.51. The Morgan fingerprint density at radius 1 is 0.966 bits per heavy atom. The first-order valence-corrected chi connectivity index (χ1v) is 9.45. The summed E-state index contributed by atoms with van der Waals surface area (Å²) in [6, 6.07) is 13.5. The van der Waals surface area contributed by atoms with E-state index in [0.29, 0.717) is 16.7 Å². The van der Waals surface area contributed by atoms with Gasteiger partial charge in [-0.05, 0) is 41.9 Å². The van der Waals surface area contributed by atoms with Crippen molar-refractivity contribution in [3.63, 3.8) is 0 Å². The first-order chi connectivity index (χ1) is 13.9. The molecular weight excluding hydrogens is 375 g/mol. The van der Waals surface area contributed by atoms with Crippen molar-refractivity contribution in [1.29, 1.82) is 5.26 Å². The number of halogens is 3. The molecule has 1 aliphatic heterocycles. The zero-order chi connectivity index (χ0) is 20.6. The van der Waals surface area contributed by atoms with Crippen LogP contribution in [0.2, 0.25) is 0 Å². The molecule has 0 spiro atoms. The number of allylic oxidation sites excluding steroid dienone is 1. The second-order valence-electron chi connectivity index (χ2n) is 7.35. The van der Waals surface area contributed by atoms with E-state index in [1.807, 2.05) is 30.3 Å². The molecule has 148 valence electrons. The van der Waals surface area contributed by atoms with Crippen LogP contribution in [-0.2, 0) is 6.18 Å². The molecule has 0 bridgehead atoms. The van der Waals surface area contributed by atoms with Crippen molar-refractivity contribution in [2.45, 2.75) is 6.18 Å². The van der Waals surface area contributed by atoms with Crippen LogP contribution in [0.25, 0.3) is 17.3 Å². The van der Waals surface area contributed by atoms with Gasteiger partial charge in [0.1, 0.15) is 0 Å². The lowest BCUT2D eigenvalue weighted by molar-refractivity contribution is -0.137. The van der Waals surface area contributed by atoms with Crippen LogP contribution in [-0.4, -0.2) is 43.0 Å². The van der Waals surface area contributed by atoms with Gasteiger partial charge in [0.15, 0.2) is 0 Å². The number of fused-ring (bicyclic) bond motifs is 2. The van der Waals surface area contributed by atoms with Crippen LogP contribution >= 0.6 is 0 Å². The number of hydrogen-bond acceptors (Lipinski definition) is 3. The number of nitriles is 1. The Kier molecular flexibility index (Phi) is 4.93. The van der Waals surface area contributed by atoms with Gasteiger partial charge >= 0.3 is 6.18 Å². The molecule has 0 unspecified atom stereocenters. The van der Waals surface area contributed by atoms with Crippen LogP contribution in [0, 0.1) is 11.3 Å². The molecule has 2 aromatic rings. The molecule has 1 fully saturated rings. The summed E-state index contributed by atoms with van der Waals surface area (Å²) in [5.74, 6) is 0. The number of rotatable bonds is 1. The average molecular weight is 395 g/mol. The van der Waals surface area contributed by atoms with Gasteiger partial charge in [0.25, 0.3) is 0 Å². The van der Waals surface area contributed by atoms with Crippen LogP contribution in [0.3, 0.4) is 0 Å². The minimum Gasteiger partial charge on any atom is -0.368 e. The molecule has 0 atom stereocenters. The lowest BCUT2D eigenvalue weighted by Crippen LogP contribution is -2.43. The molecule has 1 saturated heterocycles. The fraction of sp³-hybridized carbons (Fsp3) is 0.261. The van der Waals surface area contributed by atoms with E-state index in [9.17, 15) is 18.4 Å². The quantitative estimate of drug-likeness (QED) is 0.655. The lowest BCUT2D eigenvalue weighted by Gasteiger charge is -2.36. The molecule has 2 aliphatic rings. The first kappa shape index (κ1) is 19.3. The maximum Gasteiger partial charge on any atom is 0.416 e. The Morgan fingerprint density at radius 2 is 1.66 bits per heavy atom. The van der Waals surface area contributed by atoms with Gasteiger partial charge < -0.3 is 9.80 Å². The van der Waals surface area contributed by atoms with Crippen LogP contribution in [0.5, 0.6) is 0 Å². The van der Waals surface area contributed by atoms with Crippen molar-refractivity contribution < 1.29 is 13.2 Å². The predicted molar refractivity (Wildman–Crippen MR) is 108 cm³/mol. The van der Waals surface area contributed by atoms with E-state index in [-0.39, 0.29) is 0 Å². The number of alkyl halides is 3. The summed E-state index contributed by atoms with van der Waals surface area (Å²) in [5, 5.41) is 9.35. The first-order valence-electron chi connectivity index (χ1n) is 9.45. The van der Waals surface area contributed by atoms with Crippen LogP contribution in [0.4, 0.5) is 13.2 Å². The molecule has 4 rings (SSSR count). The number of likely N-dealkylation sites (N-methyl/N-ethyl adjacent to an activating group) is 1. The summed E-state index contributed by atoms with van der Waals surface area (Å²) in [6.45, 7) is 3.36. The summed E-state index contributed by atoms with van der Waals surface area (Å²) in [7, 11) is 2.06. The van der Waals surface area contributed by atoms with Crippen molar-refractivity contribution in [3.05, 3.63) is 76.4 Å². The highest BCUT2D eigenvalue weighted by Gasteiger charge is 2.32. The fourth-order valence-electron chi connectivity index (χ4n) is 3.94. The molecule has 0 amide bonds. The zero-order valence-corrected chi connectivity index (χ0v) is 16.0. The Labute approximate surface area is 168 Å². The minimum absolute atomic E-state index is 0.478. The molecular formula is C23H20F3N3. The van der Waals surface area contributed by atoms with Crippen molar-refractivity contribution >= 4 is 17.3 Å². The fourth-order valence-corrected chi connectivity index (χ4v) is 3.94. The SMILES string of the molecule is CN1CCN(C2=Cc3cc(C(F)(F)F)ccc3/C(=C/C#N)c3ccccc32)CC1. The van der Waals surface area contributed by atoms with Crippen LogP contribution in [0.15, 0.2) is 48.5 Å². The molecule has 1 heterocycles. The molecule has 0 saturated carbocycles. The topological polar surface area (TPSA) is 30.3 Å². The summed E-state index contributed by atoms with van der Waals surface area (Å²) in [4.78, 5) is 4.45. The second-order valence-corrected chi connectivity index (χ2v) is 7.35. The maximum absolute atomic E-state index is 13.4. The normalized spacial score (nSPS) is 18.5. The molecule has 29 heavy (non-hydrogen) atoms. The summed E-state index contributed by atoms with van der Waals surface area (Å²) in [5.41, 5.74) is 3.76. The predicted octanol–water partition coefficient (Wildman–Crippen LogP) is 4.72. The Hall–Kier alpha value is -3.04. The monoisotopic (exact) mass is 395 g/mol. The van der Waals surface area contributed by atoms with E-state index in [0.717, 1.165) is 49.1 Å². The molecule has 0 radical (unpaired) electrons. The van der Waals surface area contributed by atoms with E-state index in [1.165, 1.54) is 18.2 Å². The summed E-state index contributed by atoms with van der Waals surface area (Å²) < 4.78 is 40.1. The van der Waals surface area contributed by atoms with E-state index in [4.69, 9.17) is 0 Å². The van der Waals surface area contributed by atoms with Crippen molar-refractivity contribution in [3.8, 4) is 6.07 Å². The highest BCUT2D eigenvalue weighted by Crippen LogP contribution is 2.41. The number of nitrogens with zero attached hydrogens (tertiary/aromatic N) is 3. The Morgan fingerprint density at radius 3 is 2.31 bits per heavy atom. The minimum atomic E-state index is -4.42. The average Bonchev–Trinajstić information content (AvgIpc) is 2.83. The van der Waals surface area contributed by atoms with Crippen molar-refractivity contribution in [1.82, 2.24) is 9.80 Å². The van der Waals surface area contributed by atoms with E-state index >= 15 is 0 Å². The van der Waals surface area contributed by atoms with Crippen LogP contribution in [0.1, 0.15) is 27.8 Å². The molecule has 0 aromatic heterocycles. The smallest absolute Gasteiger partial charge is 0.368 e. The second kappa shape index (κ2) is 7.41.